The number of nitrogens with zero attached hydrogens (tertiary/aromatic N) is 5. The first-order valence-corrected chi connectivity index (χ1v) is 15.9. The van der Waals surface area contributed by atoms with E-state index in [9.17, 15) is 36.4 Å². The maximum atomic E-state index is 13.5. The summed E-state index contributed by atoms with van der Waals surface area (Å²) in [4.78, 5) is 29.1. The van der Waals surface area contributed by atoms with Crippen LogP contribution in [0.5, 0.6) is 0 Å². The van der Waals surface area contributed by atoms with Crippen molar-refractivity contribution in [3.8, 4) is 16.9 Å². The van der Waals surface area contributed by atoms with Gasteiger partial charge in [0.15, 0.2) is 5.69 Å². The van der Waals surface area contributed by atoms with Crippen molar-refractivity contribution < 1.29 is 50.5 Å². The predicted octanol–water partition coefficient (Wildman–Crippen LogP) is 5.10. The van der Waals surface area contributed by atoms with Crippen LogP contribution in [0.4, 0.5) is 18.0 Å². The third-order valence-electron chi connectivity index (χ3n) is 6.85. The molecule has 2 atom stereocenters. The molecule has 1 aliphatic rings. The Hall–Kier alpha value is -4.87. The molecule has 1 saturated heterocycles. The standard InChI is InChI=1S/C29H33F3N6O8S/c1-18(2)44-28(40)45-20(4)46-35-38(41)36-15-5-6-22(17-36)27(39)34-47(42,43)24-13-11-23(12-14-24)37-25(16-26(33-37)29(30,31)32)21-9-7-19(3)8-10-21/h7-14,16,18,20,22H,5-6,15,17H2,1-4H3,(H,34,39)/b38-35-. The van der Waals surface area contributed by atoms with Crippen molar-refractivity contribution in [2.24, 2.45) is 11.2 Å². The molecule has 1 amide bonds. The van der Waals surface area contributed by atoms with Crippen molar-refractivity contribution in [1.82, 2.24) is 19.5 Å². The minimum Gasteiger partial charge on any atom is -0.569 e. The fourth-order valence-corrected chi connectivity index (χ4v) is 5.59. The predicted molar refractivity (Wildman–Crippen MR) is 158 cm³/mol. The van der Waals surface area contributed by atoms with E-state index in [2.05, 4.69) is 10.4 Å². The third kappa shape index (κ3) is 9.11. The van der Waals surface area contributed by atoms with Gasteiger partial charge in [0.05, 0.1) is 46.4 Å². The van der Waals surface area contributed by atoms with Crippen molar-refractivity contribution in [2.45, 2.75) is 64.0 Å². The Labute approximate surface area is 268 Å². The summed E-state index contributed by atoms with van der Waals surface area (Å²) >= 11 is 0. The molecule has 1 aliphatic heterocycles. The van der Waals surface area contributed by atoms with Gasteiger partial charge >= 0.3 is 12.3 Å². The number of hydrazine groups is 1. The van der Waals surface area contributed by atoms with Gasteiger partial charge in [-0.2, -0.15) is 18.3 Å². The first kappa shape index (κ1) is 35.0. The molecule has 18 heteroatoms. The number of carbonyl (C=O) groups excluding carboxylic acids is 2. The smallest absolute Gasteiger partial charge is 0.511 e. The van der Waals surface area contributed by atoms with E-state index in [-0.39, 0.29) is 40.8 Å². The summed E-state index contributed by atoms with van der Waals surface area (Å²) in [5, 5.41) is 20.6. The number of hydrogen-bond acceptors (Lipinski definition) is 10. The number of carbonyl (C=O) groups is 2. The van der Waals surface area contributed by atoms with Crippen molar-refractivity contribution in [3.63, 3.8) is 0 Å². The molecular formula is C29H33F3N6O8S. The highest BCUT2D eigenvalue weighted by atomic mass is 32.2. The maximum absolute atomic E-state index is 13.5. The van der Waals surface area contributed by atoms with E-state index in [1.807, 2.05) is 11.6 Å². The molecule has 0 aliphatic carbocycles. The Kier molecular flexibility index (Phi) is 10.6. The molecule has 4 rings (SSSR count). The summed E-state index contributed by atoms with van der Waals surface area (Å²) in [6, 6.07) is 12.5. The fourth-order valence-electron chi connectivity index (χ4n) is 4.55. The van der Waals surface area contributed by atoms with Gasteiger partial charge in [0.1, 0.15) is 0 Å². The van der Waals surface area contributed by atoms with Crippen LogP contribution in [0.1, 0.15) is 44.9 Å². The van der Waals surface area contributed by atoms with Crippen LogP contribution in [-0.4, -0.2) is 65.7 Å². The second-order valence-corrected chi connectivity index (χ2v) is 12.6. The van der Waals surface area contributed by atoms with Gasteiger partial charge < -0.3 is 14.7 Å². The van der Waals surface area contributed by atoms with Crippen molar-refractivity contribution >= 4 is 22.1 Å². The van der Waals surface area contributed by atoms with Gasteiger partial charge in [0.25, 0.3) is 16.3 Å². The minimum absolute atomic E-state index is 0.0741. The van der Waals surface area contributed by atoms with E-state index in [1.165, 1.54) is 19.1 Å². The highest BCUT2D eigenvalue weighted by Crippen LogP contribution is 2.33. The van der Waals surface area contributed by atoms with Crippen LogP contribution in [0, 0.1) is 18.0 Å². The molecule has 254 valence electrons. The first-order chi connectivity index (χ1) is 22.0. The molecule has 2 aromatic carbocycles. The monoisotopic (exact) mass is 682 g/mol. The largest absolute Gasteiger partial charge is 0.569 e. The third-order valence-corrected chi connectivity index (χ3v) is 8.21. The highest BCUT2D eigenvalue weighted by Gasteiger charge is 2.36. The lowest BCUT2D eigenvalue weighted by Crippen LogP contribution is -2.46. The lowest BCUT2D eigenvalue weighted by Gasteiger charge is -2.28. The highest BCUT2D eigenvalue weighted by molar-refractivity contribution is 7.90. The van der Waals surface area contributed by atoms with Crippen LogP contribution >= 0.6 is 0 Å². The van der Waals surface area contributed by atoms with E-state index in [1.54, 1.807) is 38.1 Å². The van der Waals surface area contributed by atoms with Gasteiger partial charge in [-0.1, -0.05) is 29.8 Å². The normalized spacial score (nSPS) is 16.5. The zero-order valence-electron chi connectivity index (χ0n) is 25.8. The van der Waals surface area contributed by atoms with E-state index < -0.39 is 52.3 Å². The Morgan fingerprint density at radius 2 is 1.74 bits per heavy atom. The molecule has 1 aromatic heterocycles. The number of halogens is 3. The quantitative estimate of drug-likeness (QED) is 0.0999. The Morgan fingerprint density at radius 1 is 1.09 bits per heavy atom. The Balaban J connectivity index is 1.43. The lowest BCUT2D eigenvalue weighted by atomic mass is 9.99. The van der Waals surface area contributed by atoms with Crippen LogP contribution in [-0.2, 0) is 35.3 Å². The van der Waals surface area contributed by atoms with Crippen molar-refractivity contribution in [3.05, 3.63) is 71.1 Å². The van der Waals surface area contributed by atoms with E-state index in [0.717, 1.165) is 33.5 Å². The number of aryl methyl sites for hydroxylation is 1. The fraction of sp³-hybridized carbons (Fsp3) is 0.414. The number of piperidine rings is 1. The summed E-state index contributed by atoms with van der Waals surface area (Å²) < 4.78 is 79.4. The van der Waals surface area contributed by atoms with Gasteiger partial charge in [-0.25, -0.2) is 22.6 Å². The number of sulfonamides is 1. The van der Waals surface area contributed by atoms with Gasteiger partial charge in [-0.15, -0.1) is 5.01 Å². The number of nitrogens with one attached hydrogen (secondary N) is 1. The van der Waals surface area contributed by atoms with Gasteiger partial charge in [-0.05, 0) is 63.9 Å². The number of benzene rings is 2. The van der Waals surface area contributed by atoms with Crippen LogP contribution in [0.15, 0.2) is 64.8 Å². The van der Waals surface area contributed by atoms with E-state index in [0.29, 0.717) is 12.0 Å². The molecule has 0 saturated carbocycles. The Bertz CT molecular complexity index is 1710. The Morgan fingerprint density at radius 3 is 2.36 bits per heavy atom. The lowest BCUT2D eigenvalue weighted by molar-refractivity contribution is -0.715. The number of aromatic nitrogens is 2. The van der Waals surface area contributed by atoms with Crippen LogP contribution in [0.3, 0.4) is 0 Å². The zero-order chi connectivity index (χ0) is 34.5. The average Bonchev–Trinajstić information content (AvgIpc) is 3.46. The molecule has 14 nitrogen and oxygen atoms in total. The molecule has 2 unspecified atom stereocenters. The number of hydrogen-bond donors (Lipinski definition) is 1. The average molecular weight is 683 g/mol. The molecular weight excluding hydrogens is 649 g/mol. The maximum Gasteiger partial charge on any atom is 0.511 e. The summed E-state index contributed by atoms with van der Waals surface area (Å²) in [6.45, 7) is 6.37. The topological polar surface area (TPSA) is 167 Å². The van der Waals surface area contributed by atoms with Crippen molar-refractivity contribution in [1.29, 1.82) is 0 Å². The van der Waals surface area contributed by atoms with Gasteiger partial charge in [-0.3, -0.25) is 9.63 Å². The first-order valence-electron chi connectivity index (χ1n) is 14.4. The summed E-state index contributed by atoms with van der Waals surface area (Å²) in [5.74, 6) is -1.79. The minimum atomic E-state index is -4.72. The molecule has 3 aromatic rings. The van der Waals surface area contributed by atoms with Crippen LogP contribution in [0.25, 0.3) is 16.9 Å². The molecule has 1 fully saturated rings. The molecule has 0 radical (unpaired) electrons. The molecule has 1 N–H and O–H groups in total. The van der Waals surface area contributed by atoms with Gasteiger partial charge in [0.2, 0.25) is 11.2 Å². The zero-order valence-corrected chi connectivity index (χ0v) is 26.6. The van der Waals surface area contributed by atoms with Crippen LogP contribution < -0.4 is 4.72 Å². The number of alkyl halides is 3. The van der Waals surface area contributed by atoms with Crippen molar-refractivity contribution in [2.75, 3.05) is 13.1 Å². The van der Waals surface area contributed by atoms with Crippen LogP contribution in [0.2, 0.25) is 0 Å². The second kappa shape index (κ2) is 14.3. The number of amides is 1. The summed E-state index contributed by atoms with van der Waals surface area (Å²) in [6.07, 6.45) is -6.80. The number of rotatable bonds is 10. The van der Waals surface area contributed by atoms with E-state index >= 15 is 0 Å². The number of ether oxygens (including phenoxy) is 2. The second-order valence-electron chi connectivity index (χ2n) is 10.9. The molecule has 2 heterocycles. The summed E-state index contributed by atoms with van der Waals surface area (Å²) in [7, 11) is -4.40. The van der Waals surface area contributed by atoms with Gasteiger partial charge in [0, 0.05) is 12.5 Å². The summed E-state index contributed by atoms with van der Waals surface area (Å²) in [5.41, 5.74) is 0.550. The molecule has 0 spiro atoms. The molecule has 47 heavy (non-hydrogen) atoms. The SMILES string of the molecule is Cc1ccc(-c2cc(C(F)(F)F)nn2-c2ccc(S(=O)(=O)NC(=O)C3CCCN(/[N+]([O-])=N/OC(C)OC(=O)OC(C)C)C3)cc2)cc1. The van der Waals surface area contributed by atoms with E-state index in [4.69, 9.17) is 14.3 Å². The molecule has 0 bridgehead atoms.